The third-order valence-corrected chi connectivity index (χ3v) is 3.17. The van der Waals surface area contributed by atoms with Crippen LogP contribution in [0.2, 0.25) is 0 Å². The Balaban J connectivity index is 2.15. The molecule has 0 aliphatic carbocycles. The first kappa shape index (κ1) is 12.2. The summed E-state index contributed by atoms with van der Waals surface area (Å²) in [6.07, 6.45) is 0. The average Bonchev–Trinajstić information content (AvgIpc) is 2.70. The number of hydrogen-bond acceptors (Lipinski definition) is 3. The molecule has 1 amide bonds. The number of benzene rings is 1. The zero-order chi connectivity index (χ0) is 12.4. The number of rotatable bonds is 2. The summed E-state index contributed by atoms with van der Waals surface area (Å²) < 4.78 is 6.39. The molecule has 0 saturated carbocycles. The lowest BCUT2D eigenvalue weighted by Crippen LogP contribution is -2.10. The Kier molecular flexibility index (Phi) is 3.54. The van der Waals surface area contributed by atoms with Gasteiger partial charge in [-0.3, -0.25) is 4.79 Å². The Morgan fingerprint density at radius 1 is 1.24 bits per heavy atom. The minimum Gasteiger partial charge on any atom is -0.444 e. The highest BCUT2D eigenvalue weighted by Gasteiger charge is 2.10. The molecule has 0 bridgehead atoms. The monoisotopic (exact) mass is 358 g/mol. The van der Waals surface area contributed by atoms with Crippen molar-refractivity contribution in [3.63, 3.8) is 0 Å². The third-order valence-electron chi connectivity index (χ3n) is 2.06. The summed E-state index contributed by atoms with van der Waals surface area (Å²) in [5.74, 6) is -0.0720. The van der Waals surface area contributed by atoms with Crippen molar-refractivity contribution in [3.05, 3.63) is 45.2 Å². The van der Waals surface area contributed by atoms with Gasteiger partial charge in [0.1, 0.15) is 0 Å². The molecule has 0 aliphatic rings. The highest BCUT2D eigenvalue weighted by molar-refractivity contribution is 9.10. The van der Waals surface area contributed by atoms with Crippen LogP contribution in [-0.4, -0.2) is 5.91 Å². The molecular formula is C11H8Br2N2O2. The molecule has 3 N–H and O–H groups in total. The molecule has 0 unspecified atom stereocenters. The van der Waals surface area contributed by atoms with Crippen molar-refractivity contribution in [1.29, 1.82) is 0 Å². The highest BCUT2D eigenvalue weighted by atomic mass is 79.9. The first-order valence-electron chi connectivity index (χ1n) is 4.68. The van der Waals surface area contributed by atoms with Gasteiger partial charge < -0.3 is 15.5 Å². The first-order chi connectivity index (χ1) is 8.06. The Bertz CT molecular complexity index is 566. The number of anilines is 2. The minimum absolute atomic E-state index is 0.241. The normalized spacial score (nSPS) is 10.2. The number of nitrogens with one attached hydrogen (secondary N) is 1. The fraction of sp³-hybridized carbons (Fsp3) is 0. The molecule has 88 valence electrons. The Morgan fingerprint density at radius 2 is 2.00 bits per heavy atom. The predicted molar refractivity (Wildman–Crippen MR) is 72.9 cm³/mol. The van der Waals surface area contributed by atoms with E-state index < -0.39 is 0 Å². The van der Waals surface area contributed by atoms with E-state index in [2.05, 4.69) is 37.2 Å². The van der Waals surface area contributed by atoms with Crippen molar-refractivity contribution in [2.45, 2.75) is 0 Å². The van der Waals surface area contributed by atoms with E-state index in [1.54, 1.807) is 30.3 Å². The maximum atomic E-state index is 11.8. The van der Waals surface area contributed by atoms with Gasteiger partial charge in [-0.15, -0.1) is 0 Å². The van der Waals surface area contributed by atoms with Crippen LogP contribution < -0.4 is 11.1 Å². The van der Waals surface area contributed by atoms with E-state index in [4.69, 9.17) is 10.2 Å². The molecule has 0 aliphatic heterocycles. The number of carbonyl (C=O) groups is 1. The molecule has 0 saturated heterocycles. The van der Waals surface area contributed by atoms with E-state index in [-0.39, 0.29) is 11.7 Å². The zero-order valence-electron chi connectivity index (χ0n) is 8.54. The van der Waals surface area contributed by atoms with Crippen molar-refractivity contribution < 1.29 is 9.21 Å². The van der Waals surface area contributed by atoms with Crippen LogP contribution in [0, 0.1) is 0 Å². The molecule has 6 heteroatoms. The third kappa shape index (κ3) is 2.89. The molecule has 1 aromatic heterocycles. The molecule has 2 rings (SSSR count). The number of nitrogen functional groups attached to an aromatic ring is 1. The second-order valence-corrected chi connectivity index (χ2v) is 4.93. The van der Waals surface area contributed by atoms with E-state index in [0.29, 0.717) is 16.0 Å². The van der Waals surface area contributed by atoms with Crippen molar-refractivity contribution in [1.82, 2.24) is 0 Å². The van der Waals surface area contributed by atoms with Gasteiger partial charge >= 0.3 is 0 Å². The Hall–Kier alpha value is -1.27. The summed E-state index contributed by atoms with van der Waals surface area (Å²) in [5.41, 5.74) is 6.91. The standard InChI is InChI=1S/C11H8Br2N2O2/c12-7-5-6(1-2-8(7)14)15-11(16)9-3-4-10(13)17-9/h1-5H,14H2,(H,15,16). The lowest BCUT2D eigenvalue weighted by atomic mass is 10.3. The molecule has 17 heavy (non-hydrogen) atoms. The first-order valence-corrected chi connectivity index (χ1v) is 6.26. The van der Waals surface area contributed by atoms with Gasteiger partial charge in [0.05, 0.1) is 0 Å². The maximum absolute atomic E-state index is 11.8. The second kappa shape index (κ2) is 4.93. The van der Waals surface area contributed by atoms with Crippen LogP contribution in [0.5, 0.6) is 0 Å². The summed E-state index contributed by atoms with van der Waals surface area (Å²) in [7, 11) is 0. The quantitative estimate of drug-likeness (QED) is 0.804. The number of amides is 1. The van der Waals surface area contributed by atoms with E-state index >= 15 is 0 Å². The van der Waals surface area contributed by atoms with Gasteiger partial charge in [-0.2, -0.15) is 0 Å². The summed E-state index contributed by atoms with van der Waals surface area (Å²) >= 11 is 6.43. The fourth-order valence-electron chi connectivity index (χ4n) is 1.23. The average molecular weight is 360 g/mol. The molecule has 0 atom stereocenters. The summed E-state index contributed by atoms with van der Waals surface area (Å²) in [6, 6.07) is 8.40. The van der Waals surface area contributed by atoms with Crippen molar-refractivity contribution in [2.24, 2.45) is 0 Å². The highest BCUT2D eigenvalue weighted by Crippen LogP contribution is 2.24. The van der Waals surface area contributed by atoms with Crippen LogP contribution in [0.15, 0.2) is 43.9 Å². The molecule has 0 radical (unpaired) electrons. The summed E-state index contributed by atoms with van der Waals surface area (Å²) in [4.78, 5) is 11.8. The number of furan rings is 1. The van der Waals surface area contributed by atoms with E-state index in [0.717, 1.165) is 4.47 Å². The van der Waals surface area contributed by atoms with Crippen molar-refractivity contribution in [3.8, 4) is 0 Å². The van der Waals surface area contributed by atoms with Gasteiger partial charge in [0, 0.05) is 15.8 Å². The van der Waals surface area contributed by atoms with E-state index in [1.807, 2.05) is 0 Å². The number of carbonyl (C=O) groups excluding carboxylic acids is 1. The number of nitrogens with two attached hydrogens (primary N) is 1. The molecule has 1 heterocycles. The number of halogens is 2. The minimum atomic E-state index is -0.313. The van der Waals surface area contributed by atoms with E-state index in [1.165, 1.54) is 0 Å². The lowest BCUT2D eigenvalue weighted by Gasteiger charge is -2.05. The van der Waals surface area contributed by atoms with Gasteiger partial charge in [-0.1, -0.05) is 0 Å². The SMILES string of the molecule is Nc1ccc(NC(=O)c2ccc(Br)o2)cc1Br. The summed E-state index contributed by atoms with van der Waals surface area (Å²) in [5, 5.41) is 2.70. The van der Waals surface area contributed by atoms with E-state index in [9.17, 15) is 4.79 Å². The molecule has 4 nitrogen and oxygen atoms in total. The topological polar surface area (TPSA) is 68.3 Å². The smallest absolute Gasteiger partial charge is 0.291 e. The number of hydrogen-bond donors (Lipinski definition) is 2. The maximum Gasteiger partial charge on any atom is 0.291 e. The Morgan fingerprint density at radius 3 is 2.59 bits per heavy atom. The molecule has 0 spiro atoms. The van der Waals surface area contributed by atoms with Crippen LogP contribution in [0.4, 0.5) is 11.4 Å². The van der Waals surface area contributed by atoms with Crippen LogP contribution in [-0.2, 0) is 0 Å². The van der Waals surface area contributed by atoms with Gasteiger partial charge in [0.2, 0.25) is 0 Å². The van der Waals surface area contributed by atoms with Crippen LogP contribution >= 0.6 is 31.9 Å². The molecule has 1 aromatic carbocycles. The van der Waals surface area contributed by atoms with Gasteiger partial charge in [-0.25, -0.2) is 0 Å². The van der Waals surface area contributed by atoms with Crippen LogP contribution in [0.1, 0.15) is 10.6 Å². The van der Waals surface area contributed by atoms with Crippen LogP contribution in [0.25, 0.3) is 0 Å². The summed E-state index contributed by atoms with van der Waals surface area (Å²) in [6.45, 7) is 0. The zero-order valence-corrected chi connectivity index (χ0v) is 11.7. The van der Waals surface area contributed by atoms with Crippen molar-refractivity contribution in [2.75, 3.05) is 11.1 Å². The second-order valence-electron chi connectivity index (χ2n) is 3.29. The molecular weight excluding hydrogens is 352 g/mol. The fourth-order valence-corrected chi connectivity index (χ4v) is 1.92. The molecule has 2 aromatic rings. The van der Waals surface area contributed by atoms with Crippen molar-refractivity contribution >= 4 is 49.1 Å². The lowest BCUT2D eigenvalue weighted by molar-refractivity contribution is 0.0995. The largest absolute Gasteiger partial charge is 0.444 e. The predicted octanol–water partition coefficient (Wildman–Crippen LogP) is 3.64. The van der Waals surface area contributed by atoms with Gasteiger partial charge in [0.15, 0.2) is 10.4 Å². The van der Waals surface area contributed by atoms with Gasteiger partial charge in [0.25, 0.3) is 5.91 Å². The molecule has 0 fully saturated rings. The Labute approximate surface area is 114 Å². The van der Waals surface area contributed by atoms with Crippen LogP contribution in [0.3, 0.4) is 0 Å². The van der Waals surface area contributed by atoms with Gasteiger partial charge in [-0.05, 0) is 62.2 Å².